The molecular formula is C19H28IN5O2. The van der Waals surface area contributed by atoms with Gasteiger partial charge in [0.05, 0.1) is 12.2 Å². The second kappa shape index (κ2) is 10.5. The average molecular weight is 485 g/mol. The summed E-state index contributed by atoms with van der Waals surface area (Å²) < 4.78 is 11.5. The SMILES string of the molecule is CN=C(NCc1ccnc(OC2CCCC2)c1)NCc1nc(C)c(C)o1.I. The van der Waals surface area contributed by atoms with Crippen molar-refractivity contribution in [1.29, 1.82) is 0 Å². The molecule has 8 heteroatoms. The van der Waals surface area contributed by atoms with Crippen molar-refractivity contribution in [3.8, 4) is 5.88 Å². The van der Waals surface area contributed by atoms with E-state index >= 15 is 0 Å². The normalized spacial score (nSPS) is 14.7. The molecule has 1 fully saturated rings. The number of nitrogens with one attached hydrogen (secondary N) is 2. The van der Waals surface area contributed by atoms with Crippen LogP contribution in [0.1, 0.15) is 48.6 Å². The van der Waals surface area contributed by atoms with E-state index in [2.05, 4.69) is 25.6 Å². The minimum absolute atomic E-state index is 0. The third-order valence-electron chi connectivity index (χ3n) is 4.55. The highest BCUT2D eigenvalue weighted by molar-refractivity contribution is 14.0. The third-order valence-corrected chi connectivity index (χ3v) is 4.55. The first-order chi connectivity index (χ1) is 12.6. The number of aryl methyl sites for hydroxylation is 2. The van der Waals surface area contributed by atoms with E-state index in [0.717, 1.165) is 29.9 Å². The smallest absolute Gasteiger partial charge is 0.214 e. The van der Waals surface area contributed by atoms with Gasteiger partial charge in [-0.2, -0.15) is 0 Å². The highest BCUT2D eigenvalue weighted by Gasteiger charge is 2.17. The Balaban J connectivity index is 0.00000261. The van der Waals surface area contributed by atoms with Gasteiger partial charge in [-0.1, -0.05) is 0 Å². The van der Waals surface area contributed by atoms with Gasteiger partial charge in [-0.15, -0.1) is 24.0 Å². The number of hydrogen-bond donors (Lipinski definition) is 2. The van der Waals surface area contributed by atoms with Crippen molar-refractivity contribution in [2.24, 2.45) is 4.99 Å². The molecule has 0 saturated heterocycles. The molecule has 148 valence electrons. The number of nitrogens with zero attached hydrogens (tertiary/aromatic N) is 3. The van der Waals surface area contributed by atoms with Gasteiger partial charge in [0.25, 0.3) is 0 Å². The van der Waals surface area contributed by atoms with Gasteiger partial charge in [-0.25, -0.2) is 9.97 Å². The van der Waals surface area contributed by atoms with Crippen molar-refractivity contribution in [2.75, 3.05) is 7.05 Å². The molecule has 0 amide bonds. The Kier molecular flexibility index (Phi) is 8.33. The Labute approximate surface area is 177 Å². The Morgan fingerprint density at radius 3 is 2.67 bits per heavy atom. The van der Waals surface area contributed by atoms with Gasteiger partial charge in [-0.3, -0.25) is 4.99 Å². The number of pyridine rings is 1. The Morgan fingerprint density at radius 1 is 1.26 bits per heavy atom. The van der Waals surface area contributed by atoms with E-state index < -0.39 is 0 Å². The fourth-order valence-corrected chi connectivity index (χ4v) is 2.98. The van der Waals surface area contributed by atoms with Gasteiger partial charge >= 0.3 is 0 Å². The van der Waals surface area contributed by atoms with Gasteiger partial charge in [0.2, 0.25) is 11.8 Å². The Hall–Kier alpha value is -1.84. The van der Waals surface area contributed by atoms with Gasteiger partial charge < -0.3 is 19.8 Å². The molecule has 27 heavy (non-hydrogen) atoms. The first-order valence-corrected chi connectivity index (χ1v) is 9.13. The number of aliphatic imine (C=N–C) groups is 1. The van der Waals surface area contributed by atoms with Crippen molar-refractivity contribution >= 4 is 29.9 Å². The minimum Gasteiger partial charge on any atom is -0.474 e. The number of aromatic nitrogens is 2. The van der Waals surface area contributed by atoms with E-state index in [0.29, 0.717) is 36.9 Å². The van der Waals surface area contributed by atoms with Crippen LogP contribution in [0.2, 0.25) is 0 Å². The van der Waals surface area contributed by atoms with Crippen molar-refractivity contribution in [3.63, 3.8) is 0 Å². The summed E-state index contributed by atoms with van der Waals surface area (Å²) in [6.45, 7) is 4.96. The quantitative estimate of drug-likeness (QED) is 0.370. The molecule has 0 aromatic carbocycles. The van der Waals surface area contributed by atoms with Crippen molar-refractivity contribution in [1.82, 2.24) is 20.6 Å². The van der Waals surface area contributed by atoms with Crippen LogP contribution in [0, 0.1) is 13.8 Å². The van der Waals surface area contributed by atoms with Crippen LogP contribution in [0.25, 0.3) is 0 Å². The summed E-state index contributed by atoms with van der Waals surface area (Å²) >= 11 is 0. The Bertz CT molecular complexity index is 737. The standard InChI is InChI=1S/C19H27N5O2.HI/c1-13-14(2)25-18(24-13)12-23-19(20-3)22-11-15-8-9-21-17(10-15)26-16-6-4-5-7-16;/h8-10,16H,4-7,11-12H2,1-3H3,(H2,20,22,23);1H. The van der Waals surface area contributed by atoms with Gasteiger partial charge in [0.1, 0.15) is 11.9 Å². The van der Waals surface area contributed by atoms with Crippen molar-refractivity contribution in [3.05, 3.63) is 41.2 Å². The largest absolute Gasteiger partial charge is 0.474 e. The molecule has 7 nitrogen and oxygen atoms in total. The summed E-state index contributed by atoms with van der Waals surface area (Å²) in [5.41, 5.74) is 2.01. The maximum Gasteiger partial charge on any atom is 0.214 e. The molecule has 0 aliphatic heterocycles. The number of oxazole rings is 1. The predicted octanol–water partition coefficient (Wildman–Crippen LogP) is 3.49. The predicted molar refractivity (Wildman–Crippen MR) is 116 cm³/mol. The van der Waals surface area contributed by atoms with Gasteiger partial charge in [0.15, 0.2) is 5.96 Å². The van der Waals surface area contributed by atoms with Crippen LogP contribution in [-0.2, 0) is 13.1 Å². The zero-order chi connectivity index (χ0) is 18.4. The molecule has 0 atom stereocenters. The molecule has 2 N–H and O–H groups in total. The van der Waals surface area contributed by atoms with Gasteiger partial charge in [-0.05, 0) is 51.2 Å². The van der Waals surface area contributed by atoms with Crippen LogP contribution in [0.3, 0.4) is 0 Å². The summed E-state index contributed by atoms with van der Waals surface area (Å²) in [6, 6.07) is 3.96. The summed E-state index contributed by atoms with van der Waals surface area (Å²) in [5.74, 6) is 2.88. The molecular weight excluding hydrogens is 457 g/mol. The topological polar surface area (TPSA) is 84.6 Å². The highest BCUT2D eigenvalue weighted by atomic mass is 127. The number of halogens is 1. The molecule has 0 unspecified atom stereocenters. The molecule has 2 heterocycles. The second-order valence-corrected chi connectivity index (χ2v) is 6.56. The number of rotatable bonds is 6. The van der Waals surface area contributed by atoms with Crippen LogP contribution >= 0.6 is 24.0 Å². The lowest BCUT2D eigenvalue weighted by molar-refractivity contribution is 0.201. The first-order valence-electron chi connectivity index (χ1n) is 9.13. The fourth-order valence-electron chi connectivity index (χ4n) is 2.98. The van der Waals surface area contributed by atoms with E-state index in [1.807, 2.05) is 26.0 Å². The van der Waals surface area contributed by atoms with E-state index in [9.17, 15) is 0 Å². The van der Waals surface area contributed by atoms with Crippen molar-refractivity contribution < 1.29 is 9.15 Å². The van der Waals surface area contributed by atoms with Crippen LogP contribution < -0.4 is 15.4 Å². The average Bonchev–Trinajstić information content (AvgIpc) is 3.25. The number of ether oxygens (including phenoxy) is 1. The van der Waals surface area contributed by atoms with E-state index in [1.165, 1.54) is 12.8 Å². The maximum atomic E-state index is 5.96. The van der Waals surface area contributed by atoms with Crippen LogP contribution in [0.15, 0.2) is 27.7 Å². The number of guanidine groups is 1. The van der Waals surface area contributed by atoms with Gasteiger partial charge in [0, 0.05) is 25.9 Å². The van der Waals surface area contributed by atoms with Crippen LogP contribution in [-0.4, -0.2) is 29.1 Å². The monoisotopic (exact) mass is 485 g/mol. The molecule has 2 aromatic heterocycles. The van der Waals surface area contributed by atoms with E-state index in [4.69, 9.17) is 9.15 Å². The number of hydrogen-bond acceptors (Lipinski definition) is 5. The molecule has 1 aliphatic carbocycles. The van der Waals surface area contributed by atoms with Crippen LogP contribution in [0.4, 0.5) is 0 Å². The lowest BCUT2D eigenvalue weighted by Gasteiger charge is -2.14. The fraction of sp³-hybridized carbons (Fsp3) is 0.526. The van der Waals surface area contributed by atoms with Crippen molar-refractivity contribution in [2.45, 2.75) is 58.7 Å². The maximum absolute atomic E-state index is 5.96. The summed E-state index contributed by atoms with van der Waals surface area (Å²) in [6.07, 6.45) is 6.85. The van der Waals surface area contributed by atoms with E-state index in [1.54, 1.807) is 13.2 Å². The molecule has 0 radical (unpaired) electrons. The molecule has 0 spiro atoms. The molecule has 2 aromatic rings. The van der Waals surface area contributed by atoms with E-state index in [-0.39, 0.29) is 24.0 Å². The second-order valence-electron chi connectivity index (χ2n) is 6.56. The zero-order valence-electron chi connectivity index (χ0n) is 16.1. The third kappa shape index (κ3) is 6.37. The summed E-state index contributed by atoms with van der Waals surface area (Å²) in [5, 5.41) is 6.49. The molecule has 1 saturated carbocycles. The first kappa shape index (κ1) is 21.5. The van der Waals surface area contributed by atoms with Crippen LogP contribution in [0.5, 0.6) is 5.88 Å². The molecule has 0 bridgehead atoms. The molecule has 1 aliphatic rings. The summed E-state index contributed by atoms with van der Waals surface area (Å²) in [7, 11) is 1.74. The lowest BCUT2D eigenvalue weighted by atomic mass is 10.2. The molecule has 3 rings (SSSR count). The Morgan fingerprint density at radius 2 is 2.00 bits per heavy atom. The zero-order valence-corrected chi connectivity index (χ0v) is 18.4. The highest BCUT2D eigenvalue weighted by Crippen LogP contribution is 2.23. The lowest BCUT2D eigenvalue weighted by Crippen LogP contribution is -2.36. The summed E-state index contributed by atoms with van der Waals surface area (Å²) in [4.78, 5) is 12.9. The minimum atomic E-state index is 0.